The molecule has 0 aliphatic heterocycles. The molecule has 1 nitrogen and oxygen atoms in total. The zero-order valence-corrected chi connectivity index (χ0v) is 13.1. The predicted molar refractivity (Wildman–Crippen MR) is 82.8 cm³/mol. The maximum atomic E-state index is 14.4. The van der Waals surface area contributed by atoms with Crippen molar-refractivity contribution in [3.05, 3.63) is 69.2 Å². The van der Waals surface area contributed by atoms with E-state index < -0.39 is 11.9 Å². The van der Waals surface area contributed by atoms with Crippen LogP contribution in [0.5, 0.6) is 0 Å². The van der Waals surface area contributed by atoms with E-state index in [4.69, 9.17) is 11.6 Å². The van der Waals surface area contributed by atoms with Gasteiger partial charge in [-0.2, -0.15) is 0 Å². The molecule has 2 aromatic rings. The summed E-state index contributed by atoms with van der Waals surface area (Å²) in [5, 5.41) is 3.52. The molecular formula is C17H18ClF2N. The largest absolute Gasteiger partial charge is 0.306 e. The average molecular weight is 310 g/mol. The third kappa shape index (κ3) is 3.42. The first-order chi connectivity index (χ1) is 9.93. The lowest BCUT2D eigenvalue weighted by Crippen LogP contribution is -2.24. The summed E-state index contributed by atoms with van der Waals surface area (Å²) in [6, 6.07) is 7.23. The lowest BCUT2D eigenvalue weighted by Gasteiger charge is -2.23. The molecular weight excluding hydrogens is 292 g/mol. The van der Waals surface area contributed by atoms with Crippen molar-refractivity contribution in [2.75, 3.05) is 6.54 Å². The van der Waals surface area contributed by atoms with Gasteiger partial charge >= 0.3 is 0 Å². The topological polar surface area (TPSA) is 12.0 Å². The second kappa shape index (κ2) is 6.54. The monoisotopic (exact) mass is 309 g/mol. The number of halogens is 3. The lowest BCUT2D eigenvalue weighted by atomic mass is 9.93. The molecule has 112 valence electrons. The molecule has 0 saturated carbocycles. The van der Waals surface area contributed by atoms with Crippen molar-refractivity contribution in [1.29, 1.82) is 0 Å². The maximum absolute atomic E-state index is 14.4. The Hall–Kier alpha value is -1.45. The first-order valence-electron chi connectivity index (χ1n) is 6.89. The van der Waals surface area contributed by atoms with E-state index in [2.05, 4.69) is 5.32 Å². The Morgan fingerprint density at radius 1 is 1.14 bits per heavy atom. The number of hydrogen-bond donors (Lipinski definition) is 1. The highest BCUT2D eigenvalue weighted by Gasteiger charge is 2.22. The fourth-order valence-corrected chi connectivity index (χ4v) is 2.88. The quantitative estimate of drug-likeness (QED) is 0.844. The molecule has 0 aliphatic rings. The van der Waals surface area contributed by atoms with Crippen molar-refractivity contribution in [3.63, 3.8) is 0 Å². The summed E-state index contributed by atoms with van der Waals surface area (Å²) < 4.78 is 27.7. The molecule has 0 radical (unpaired) electrons. The fraction of sp³-hybridized carbons (Fsp3) is 0.294. The van der Waals surface area contributed by atoms with Crippen LogP contribution in [0.3, 0.4) is 0 Å². The van der Waals surface area contributed by atoms with Crippen LogP contribution >= 0.6 is 11.6 Å². The molecule has 2 aromatic carbocycles. The van der Waals surface area contributed by atoms with Gasteiger partial charge in [0.15, 0.2) is 0 Å². The zero-order chi connectivity index (χ0) is 15.6. The predicted octanol–water partition coefficient (Wildman–Crippen LogP) is 4.93. The molecule has 21 heavy (non-hydrogen) atoms. The molecule has 0 heterocycles. The van der Waals surface area contributed by atoms with E-state index in [1.54, 1.807) is 6.07 Å². The van der Waals surface area contributed by atoms with E-state index >= 15 is 0 Å². The van der Waals surface area contributed by atoms with Crippen LogP contribution in [0.1, 0.15) is 35.2 Å². The summed E-state index contributed by atoms with van der Waals surface area (Å²) in [6.07, 6.45) is 0. The van der Waals surface area contributed by atoms with Gasteiger partial charge in [-0.25, -0.2) is 8.78 Å². The molecule has 0 amide bonds. The highest BCUT2D eigenvalue weighted by atomic mass is 35.5. The third-order valence-corrected chi connectivity index (χ3v) is 3.78. The zero-order valence-electron chi connectivity index (χ0n) is 12.3. The van der Waals surface area contributed by atoms with Crippen molar-refractivity contribution in [2.45, 2.75) is 26.8 Å². The van der Waals surface area contributed by atoms with Crippen LogP contribution in [0, 0.1) is 25.5 Å². The van der Waals surface area contributed by atoms with Crippen molar-refractivity contribution >= 4 is 11.6 Å². The van der Waals surface area contributed by atoms with E-state index in [1.165, 1.54) is 18.2 Å². The summed E-state index contributed by atoms with van der Waals surface area (Å²) in [6.45, 7) is 6.30. The minimum absolute atomic E-state index is 0.279. The van der Waals surface area contributed by atoms with Crippen LogP contribution in [-0.4, -0.2) is 6.54 Å². The minimum atomic E-state index is -0.403. The van der Waals surface area contributed by atoms with Crippen LogP contribution in [0.25, 0.3) is 0 Å². The van der Waals surface area contributed by atoms with Gasteiger partial charge in [0.2, 0.25) is 0 Å². The molecule has 4 heteroatoms. The number of aryl methyl sites for hydroxylation is 2. The van der Waals surface area contributed by atoms with E-state index in [-0.39, 0.29) is 5.82 Å². The second-order valence-corrected chi connectivity index (χ2v) is 5.54. The summed E-state index contributed by atoms with van der Waals surface area (Å²) in [4.78, 5) is 0. The summed E-state index contributed by atoms with van der Waals surface area (Å²) >= 11 is 6.14. The molecule has 1 N–H and O–H groups in total. The average Bonchev–Trinajstić information content (AvgIpc) is 2.37. The van der Waals surface area contributed by atoms with Gasteiger partial charge in [-0.1, -0.05) is 30.7 Å². The van der Waals surface area contributed by atoms with E-state index in [0.717, 1.165) is 11.1 Å². The first-order valence-corrected chi connectivity index (χ1v) is 7.26. The van der Waals surface area contributed by atoms with Gasteiger partial charge < -0.3 is 5.32 Å². The van der Waals surface area contributed by atoms with Crippen molar-refractivity contribution < 1.29 is 8.78 Å². The van der Waals surface area contributed by atoms with Crippen molar-refractivity contribution in [1.82, 2.24) is 5.32 Å². The Bertz CT molecular complexity index is 632. The highest BCUT2D eigenvalue weighted by Crippen LogP contribution is 2.32. The normalized spacial score (nSPS) is 12.5. The van der Waals surface area contributed by atoms with Crippen LogP contribution < -0.4 is 5.32 Å². The Labute approximate surface area is 128 Å². The summed E-state index contributed by atoms with van der Waals surface area (Å²) in [5.41, 5.74) is 2.94. The van der Waals surface area contributed by atoms with Gasteiger partial charge in [0.1, 0.15) is 11.6 Å². The molecule has 1 atom stereocenters. The Morgan fingerprint density at radius 2 is 1.86 bits per heavy atom. The Balaban J connectivity index is 2.59. The summed E-state index contributed by atoms with van der Waals surface area (Å²) in [7, 11) is 0. The summed E-state index contributed by atoms with van der Waals surface area (Å²) in [5.74, 6) is -0.682. The number of rotatable bonds is 4. The van der Waals surface area contributed by atoms with E-state index in [1.807, 2.05) is 26.8 Å². The SMILES string of the molecule is CCNC(c1ccc(F)cc1Cl)c1c(C)cc(C)cc1F. The molecule has 0 aromatic heterocycles. The molecule has 1 unspecified atom stereocenters. The van der Waals surface area contributed by atoms with Gasteiger partial charge in [0, 0.05) is 10.6 Å². The smallest absolute Gasteiger partial charge is 0.128 e. The van der Waals surface area contributed by atoms with E-state index in [9.17, 15) is 8.78 Å². The van der Waals surface area contributed by atoms with Crippen LogP contribution in [0.15, 0.2) is 30.3 Å². The Kier molecular flexibility index (Phi) is 4.96. The molecule has 0 aliphatic carbocycles. The number of benzene rings is 2. The standard InChI is InChI=1S/C17H18ClF2N/c1-4-21-17(13-6-5-12(19)9-14(13)18)16-11(3)7-10(2)8-15(16)20/h5-9,17,21H,4H2,1-3H3. The highest BCUT2D eigenvalue weighted by molar-refractivity contribution is 6.31. The first kappa shape index (κ1) is 15.9. The maximum Gasteiger partial charge on any atom is 0.128 e. The van der Waals surface area contributed by atoms with Crippen LogP contribution in [0.2, 0.25) is 5.02 Å². The van der Waals surface area contributed by atoms with Gasteiger partial charge in [-0.3, -0.25) is 0 Å². The van der Waals surface area contributed by atoms with Gasteiger partial charge in [0.25, 0.3) is 0 Å². The van der Waals surface area contributed by atoms with Crippen molar-refractivity contribution in [2.24, 2.45) is 0 Å². The fourth-order valence-electron chi connectivity index (χ4n) is 2.60. The van der Waals surface area contributed by atoms with Crippen LogP contribution in [0.4, 0.5) is 8.78 Å². The number of nitrogens with one attached hydrogen (secondary N) is 1. The van der Waals surface area contributed by atoms with Gasteiger partial charge in [-0.15, -0.1) is 0 Å². The Morgan fingerprint density at radius 3 is 2.43 bits per heavy atom. The minimum Gasteiger partial charge on any atom is -0.306 e. The second-order valence-electron chi connectivity index (χ2n) is 5.13. The van der Waals surface area contributed by atoms with E-state index in [0.29, 0.717) is 22.7 Å². The number of hydrogen-bond acceptors (Lipinski definition) is 1. The van der Waals surface area contributed by atoms with Crippen molar-refractivity contribution in [3.8, 4) is 0 Å². The van der Waals surface area contributed by atoms with Gasteiger partial charge in [0.05, 0.1) is 6.04 Å². The third-order valence-electron chi connectivity index (χ3n) is 3.45. The molecule has 0 spiro atoms. The van der Waals surface area contributed by atoms with Crippen LogP contribution in [-0.2, 0) is 0 Å². The van der Waals surface area contributed by atoms with Gasteiger partial charge in [-0.05, 0) is 55.3 Å². The lowest BCUT2D eigenvalue weighted by molar-refractivity contribution is 0.554. The molecule has 0 bridgehead atoms. The molecule has 0 saturated heterocycles. The molecule has 0 fully saturated rings. The molecule has 2 rings (SSSR count).